The average molecular weight is 477 g/mol. The maximum absolute atomic E-state index is 12.6. The molecule has 2 amide bonds. The molecular weight excluding hydrogens is 440 g/mol. The lowest BCUT2D eigenvalue weighted by Gasteiger charge is -2.33. The van der Waals surface area contributed by atoms with Crippen LogP contribution in [0.2, 0.25) is 0 Å². The lowest BCUT2D eigenvalue weighted by molar-refractivity contribution is -0.146. The Morgan fingerprint density at radius 2 is 2.06 bits per heavy atom. The summed E-state index contributed by atoms with van der Waals surface area (Å²) in [5, 5.41) is 15.3. The predicted molar refractivity (Wildman–Crippen MR) is 126 cm³/mol. The molecule has 3 N–H and O–H groups in total. The lowest BCUT2D eigenvalue weighted by atomic mass is 10.0. The van der Waals surface area contributed by atoms with E-state index in [1.165, 1.54) is 12.7 Å². The number of carbonyl (C=O) groups excluding carboxylic acids is 2. The van der Waals surface area contributed by atoms with E-state index in [9.17, 15) is 19.5 Å². The first kappa shape index (κ1) is 25.7. The number of nitrogens with zero attached hydrogens (tertiary/aromatic N) is 2. The van der Waals surface area contributed by atoms with Gasteiger partial charge in [-0.2, -0.15) is 0 Å². The molecule has 0 aromatic carbocycles. The minimum absolute atomic E-state index is 0.0266. The van der Waals surface area contributed by atoms with Crippen LogP contribution in [-0.2, 0) is 31.9 Å². The minimum Gasteiger partial charge on any atom is -0.467 e. The zero-order valence-electron chi connectivity index (χ0n) is 19.9. The fourth-order valence-electron chi connectivity index (χ4n) is 4.40. The molecule has 0 aliphatic carbocycles. The van der Waals surface area contributed by atoms with Crippen LogP contribution in [-0.4, -0.2) is 78.5 Å². The number of nitrogens with one attached hydrogen (secondary N) is 2. The van der Waals surface area contributed by atoms with Gasteiger partial charge in [-0.05, 0) is 43.7 Å². The second kappa shape index (κ2) is 13.1. The van der Waals surface area contributed by atoms with Gasteiger partial charge in [-0.15, -0.1) is 0 Å². The number of amides is 2. The van der Waals surface area contributed by atoms with Gasteiger partial charge in [-0.3, -0.25) is 9.69 Å². The highest BCUT2D eigenvalue weighted by molar-refractivity contribution is 5.89. The summed E-state index contributed by atoms with van der Waals surface area (Å²) >= 11 is 0. The molecule has 0 bridgehead atoms. The van der Waals surface area contributed by atoms with Gasteiger partial charge in [-0.1, -0.05) is 31.7 Å². The van der Waals surface area contributed by atoms with Crippen molar-refractivity contribution >= 4 is 23.8 Å². The van der Waals surface area contributed by atoms with Crippen LogP contribution in [0.5, 0.6) is 0 Å². The minimum atomic E-state index is -1.18. The number of fused-ring (bicyclic) bond motifs is 1. The van der Waals surface area contributed by atoms with Crippen molar-refractivity contribution in [2.24, 2.45) is 0 Å². The molecule has 1 fully saturated rings. The average Bonchev–Trinajstić information content (AvgIpc) is 2.86. The summed E-state index contributed by atoms with van der Waals surface area (Å²) in [6.45, 7) is 1.33. The van der Waals surface area contributed by atoms with E-state index in [1.54, 1.807) is 0 Å². The van der Waals surface area contributed by atoms with Crippen LogP contribution in [0.4, 0.5) is 10.6 Å². The Labute approximate surface area is 200 Å². The van der Waals surface area contributed by atoms with Crippen molar-refractivity contribution in [1.29, 1.82) is 0 Å². The van der Waals surface area contributed by atoms with Crippen molar-refractivity contribution in [1.82, 2.24) is 15.2 Å². The number of morpholine rings is 1. The molecule has 10 heteroatoms. The van der Waals surface area contributed by atoms with Crippen LogP contribution in [0.25, 0.3) is 0 Å². The van der Waals surface area contributed by atoms with Crippen molar-refractivity contribution in [3.63, 3.8) is 0 Å². The Bertz CT molecular complexity index is 849. The molecule has 34 heavy (non-hydrogen) atoms. The molecule has 2 aliphatic heterocycles. The predicted octanol–water partition coefficient (Wildman–Crippen LogP) is 2.36. The molecule has 188 valence electrons. The molecule has 1 aromatic rings. The monoisotopic (exact) mass is 476 g/mol. The van der Waals surface area contributed by atoms with Gasteiger partial charge >= 0.3 is 12.1 Å². The van der Waals surface area contributed by atoms with E-state index in [2.05, 4.69) is 22.8 Å². The number of aromatic nitrogens is 1. The third-order valence-corrected chi connectivity index (χ3v) is 6.36. The van der Waals surface area contributed by atoms with Gasteiger partial charge in [0.1, 0.15) is 17.9 Å². The molecule has 0 radical (unpaired) electrons. The standard InChI is InChI=1S/C24H36N4O6/c1-33-23(30)19(27-22(29)20-16-34-15-14-28(20)24(31)32)10-6-4-2-3-5-9-18-12-11-17-8-7-13-25-21(17)26-18/h11-12,19-20H,2-10,13-16H2,1H3,(H,25,26)(H,27,29)(H,31,32)/t19?,20-/m0/s1. The van der Waals surface area contributed by atoms with E-state index in [0.29, 0.717) is 6.42 Å². The number of hydrogen-bond donors (Lipinski definition) is 3. The van der Waals surface area contributed by atoms with E-state index >= 15 is 0 Å². The highest BCUT2D eigenvalue weighted by atomic mass is 16.5. The van der Waals surface area contributed by atoms with Gasteiger partial charge in [0, 0.05) is 18.8 Å². The quantitative estimate of drug-likeness (QED) is 0.328. The molecule has 0 spiro atoms. The fraction of sp³-hybridized carbons (Fsp3) is 0.667. The van der Waals surface area contributed by atoms with Crippen molar-refractivity contribution in [2.75, 3.05) is 38.7 Å². The summed E-state index contributed by atoms with van der Waals surface area (Å²) in [7, 11) is 1.28. The van der Waals surface area contributed by atoms with E-state index < -0.39 is 30.1 Å². The largest absolute Gasteiger partial charge is 0.467 e. The summed E-state index contributed by atoms with van der Waals surface area (Å²) < 4.78 is 10.1. The first-order valence-corrected chi connectivity index (χ1v) is 12.2. The highest BCUT2D eigenvalue weighted by Crippen LogP contribution is 2.20. The van der Waals surface area contributed by atoms with Gasteiger partial charge in [-0.25, -0.2) is 14.6 Å². The number of pyridine rings is 1. The molecular formula is C24H36N4O6. The van der Waals surface area contributed by atoms with Crippen molar-refractivity contribution in [3.05, 3.63) is 23.4 Å². The highest BCUT2D eigenvalue weighted by Gasteiger charge is 2.35. The van der Waals surface area contributed by atoms with Gasteiger partial charge < -0.3 is 25.2 Å². The Morgan fingerprint density at radius 3 is 2.85 bits per heavy atom. The number of anilines is 1. The Morgan fingerprint density at radius 1 is 1.26 bits per heavy atom. The van der Waals surface area contributed by atoms with Crippen molar-refractivity contribution < 1.29 is 29.0 Å². The summed E-state index contributed by atoms with van der Waals surface area (Å²) in [6.07, 6.45) is 7.27. The molecule has 1 saturated heterocycles. The van der Waals surface area contributed by atoms with Crippen LogP contribution in [0.3, 0.4) is 0 Å². The summed E-state index contributed by atoms with van der Waals surface area (Å²) in [6, 6.07) is 2.53. The summed E-state index contributed by atoms with van der Waals surface area (Å²) in [5.74, 6) is -0.0329. The Hall–Kier alpha value is -2.88. The van der Waals surface area contributed by atoms with E-state index in [-0.39, 0.29) is 19.8 Å². The molecule has 2 aliphatic rings. The van der Waals surface area contributed by atoms with Crippen molar-refractivity contribution in [3.8, 4) is 0 Å². The number of ether oxygens (including phenoxy) is 2. The van der Waals surface area contributed by atoms with Gasteiger partial charge in [0.15, 0.2) is 0 Å². The molecule has 1 aromatic heterocycles. The molecule has 2 atom stereocenters. The lowest BCUT2D eigenvalue weighted by Crippen LogP contribution is -2.57. The zero-order valence-corrected chi connectivity index (χ0v) is 19.9. The van der Waals surface area contributed by atoms with Crippen LogP contribution < -0.4 is 10.6 Å². The maximum atomic E-state index is 12.6. The fourth-order valence-corrected chi connectivity index (χ4v) is 4.40. The van der Waals surface area contributed by atoms with Gasteiger partial charge in [0.25, 0.3) is 0 Å². The van der Waals surface area contributed by atoms with Crippen LogP contribution in [0.1, 0.15) is 56.2 Å². The maximum Gasteiger partial charge on any atom is 0.408 e. The summed E-state index contributed by atoms with van der Waals surface area (Å²) in [5.41, 5.74) is 2.41. The van der Waals surface area contributed by atoms with E-state index in [1.807, 2.05) is 0 Å². The SMILES string of the molecule is COC(=O)C(CCCCCCCc1ccc2c(n1)NCCC2)NC(=O)[C@@H]1COCCN1C(=O)O. The number of methoxy groups -OCH3 is 1. The summed E-state index contributed by atoms with van der Waals surface area (Å²) in [4.78, 5) is 41.9. The van der Waals surface area contributed by atoms with Crippen LogP contribution in [0, 0.1) is 0 Å². The zero-order chi connectivity index (χ0) is 24.3. The van der Waals surface area contributed by atoms with Crippen LogP contribution in [0.15, 0.2) is 12.1 Å². The van der Waals surface area contributed by atoms with Gasteiger partial charge in [0.05, 0.1) is 20.3 Å². The number of carboxylic acid groups (broad SMARTS) is 1. The Balaban J connectivity index is 1.36. The Kier molecular flexibility index (Phi) is 9.93. The van der Waals surface area contributed by atoms with E-state index in [4.69, 9.17) is 14.5 Å². The number of hydrogen-bond acceptors (Lipinski definition) is 7. The normalized spacial score (nSPS) is 18.4. The number of rotatable bonds is 11. The smallest absolute Gasteiger partial charge is 0.408 e. The van der Waals surface area contributed by atoms with E-state index in [0.717, 1.165) is 74.3 Å². The van der Waals surface area contributed by atoms with Crippen molar-refractivity contribution in [2.45, 2.75) is 69.9 Å². The topological polar surface area (TPSA) is 130 Å². The third-order valence-electron chi connectivity index (χ3n) is 6.36. The number of esters is 1. The van der Waals surface area contributed by atoms with Crippen LogP contribution >= 0.6 is 0 Å². The molecule has 3 rings (SSSR count). The van der Waals surface area contributed by atoms with Gasteiger partial charge in [0.2, 0.25) is 5.91 Å². The third kappa shape index (κ3) is 7.31. The first-order chi connectivity index (χ1) is 16.5. The molecule has 0 saturated carbocycles. The molecule has 3 heterocycles. The second-order valence-corrected chi connectivity index (χ2v) is 8.80. The second-order valence-electron chi connectivity index (χ2n) is 8.80. The molecule has 1 unspecified atom stereocenters. The number of unbranched alkanes of at least 4 members (excludes halogenated alkanes) is 4. The molecule has 10 nitrogen and oxygen atoms in total. The number of carbonyl (C=O) groups is 3. The number of aryl methyl sites for hydroxylation is 2. The first-order valence-electron chi connectivity index (χ1n) is 12.2.